The quantitative estimate of drug-likeness (QED) is 0.0588. The normalized spacial score (nSPS) is 20.7. The Balaban J connectivity index is 1.74. The molecule has 0 saturated carbocycles. The van der Waals surface area contributed by atoms with Crippen LogP contribution in [0.5, 0.6) is 0 Å². The molecule has 2 N–H and O–H groups in total. The summed E-state index contributed by atoms with van der Waals surface area (Å²) < 4.78 is 20.7. The first-order valence-electron chi connectivity index (χ1n) is 20.4. The minimum absolute atomic E-state index is 0.0525. The average molecular weight is 809 g/mol. The zero-order chi connectivity index (χ0) is 41.3. The van der Waals surface area contributed by atoms with Gasteiger partial charge in [0.05, 0.1) is 36.0 Å². The van der Waals surface area contributed by atoms with Gasteiger partial charge in [0.2, 0.25) is 0 Å². The average Bonchev–Trinajstić information content (AvgIpc) is 3.62. The first-order chi connectivity index (χ1) is 26.1. The molecule has 12 nitrogen and oxygen atoms in total. The number of ether oxygens (including phenoxy) is 3. The Morgan fingerprint density at radius 2 is 1.66 bits per heavy atom. The van der Waals surface area contributed by atoms with E-state index in [1.165, 1.54) is 0 Å². The Morgan fingerprint density at radius 3 is 2.18 bits per heavy atom. The topological polar surface area (TPSA) is 135 Å². The molecule has 14 heteroatoms. The van der Waals surface area contributed by atoms with Crippen molar-refractivity contribution in [2.24, 2.45) is 5.41 Å². The smallest absolute Gasteiger partial charge is 0.408 e. The lowest BCUT2D eigenvalue weighted by Gasteiger charge is -2.53. The van der Waals surface area contributed by atoms with Crippen LogP contribution < -0.4 is 4.90 Å². The number of pyridine rings is 1. The van der Waals surface area contributed by atoms with E-state index in [-0.39, 0.29) is 30.8 Å². The number of hydrogen-bond acceptors (Lipinski definition) is 9. The van der Waals surface area contributed by atoms with Crippen molar-refractivity contribution >= 4 is 39.8 Å². The van der Waals surface area contributed by atoms with Gasteiger partial charge in [-0.25, -0.2) is 9.78 Å². The Bertz CT molecular complexity index is 1820. The van der Waals surface area contributed by atoms with E-state index >= 15 is 0 Å². The van der Waals surface area contributed by atoms with E-state index < -0.39 is 33.4 Å². The third-order valence-corrected chi connectivity index (χ3v) is 14.9. The largest absolute Gasteiger partial charge is 0.501 e. The van der Waals surface area contributed by atoms with Crippen molar-refractivity contribution in [2.45, 2.75) is 142 Å². The minimum Gasteiger partial charge on any atom is -0.501 e. The van der Waals surface area contributed by atoms with Gasteiger partial charge >= 0.3 is 6.09 Å². The number of fused-ring (bicyclic) bond motifs is 3. The maximum atomic E-state index is 12.9. The Labute approximate surface area is 336 Å². The fourth-order valence-electron chi connectivity index (χ4n) is 8.22. The molecule has 3 aromatic heterocycles. The van der Waals surface area contributed by atoms with Crippen LogP contribution in [0.25, 0.3) is 22.9 Å². The monoisotopic (exact) mass is 808 g/mol. The Hall–Kier alpha value is -3.31. The molecule has 0 aliphatic carbocycles. The summed E-state index contributed by atoms with van der Waals surface area (Å²) >= 11 is 0. The second kappa shape index (κ2) is 16.9. The predicted molar refractivity (Wildman–Crippen MR) is 230 cm³/mol. The number of carboxylic acid groups (broad SMARTS) is 1. The lowest BCUT2D eigenvalue weighted by atomic mass is 9.65. The van der Waals surface area contributed by atoms with Crippen LogP contribution >= 0.6 is 0 Å². The number of rotatable bonds is 17. The molecule has 1 amide bonds. The molecule has 0 aromatic carbocycles. The number of carbonyl (C=O) groups is 1. The van der Waals surface area contributed by atoms with Crippen molar-refractivity contribution in [1.29, 1.82) is 0 Å². The Morgan fingerprint density at radius 1 is 1.02 bits per heavy atom. The first-order valence-corrected chi connectivity index (χ1v) is 27.8. The van der Waals surface area contributed by atoms with E-state index in [1.807, 2.05) is 35.8 Å². The zero-order valence-corrected chi connectivity index (χ0v) is 38.1. The van der Waals surface area contributed by atoms with Gasteiger partial charge in [0.1, 0.15) is 24.9 Å². The molecule has 0 radical (unpaired) electrons. The van der Waals surface area contributed by atoms with Gasteiger partial charge in [0, 0.05) is 64.2 Å². The van der Waals surface area contributed by atoms with Crippen molar-refractivity contribution < 1.29 is 29.2 Å². The summed E-state index contributed by atoms with van der Waals surface area (Å²) in [6.07, 6.45) is 9.40. The fraction of sp³-hybridized carbons (Fsp3) is 0.667. The predicted octanol–water partition coefficient (Wildman–Crippen LogP) is 9.26. The molecule has 2 saturated heterocycles. The lowest BCUT2D eigenvalue weighted by Crippen LogP contribution is -2.60. The highest BCUT2D eigenvalue weighted by atomic mass is 28.3. The summed E-state index contributed by atoms with van der Waals surface area (Å²) in [6.45, 7) is 28.4. The maximum Gasteiger partial charge on any atom is 0.408 e. The van der Waals surface area contributed by atoms with Crippen molar-refractivity contribution in [3.63, 3.8) is 0 Å². The lowest BCUT2D eigenvalue weighted by molar-refractivity contribution is -0.0214. The third kappa shape index (κ3) is 9.86. The second-order valence-electron chi connectivity index (χ2n) is 19.8. The van der Waals surface area contributed by atoms with Crippen LogP contribution in [0.15, 0.2) is 30.8 Å². The first kappa shape index (κ1) is 43.8. The van der Waals surface area contributed by atoms with Gasteiger partial charge in [-0.05, 0) is 76.1 Å². The van der Waals surface area contributed by atoms with E-state index in [0.717, 1.165) is 53.1 Å². The molecule has 2 fully saturated rings. The Kier molecular flexibility index (Phi) is 13.2. The fourth-order valence-corrected chi connectivity index (χ4v) is 9.73. The van der Waals surface area contributed by atoms with Crippen LogP contribution in [0.3, 0.4) is 0 Å². The van der Waals surface area contributed by atoms with Crippen LogP contribution in [-0.4, -0.2) is 102 Å². The van der Waals surface area contributed by atoms with Gasteiger partial charge in [-0.2, -0.15) is 9.61 Å². The number of amides is 1. The van der Waals surface area contributed by atoms with Crippen LogP contribution in [0.1, 0.15) is 90.1 Å². The highest BCUT2D eigenvalue weighted by molar-refractivity contribution is 6.76. The summed E-state index contributed by atoms with van der Waals surface area (Å²) in [5.41, 5.74) is 2.66. The molecule has 5 heterocycles. The van der Waals surface area contributed by atoms with Gasteiger partial charge in [-0.3, -0.25) is 9.88 Å². The molecule has 56 heavy (non-hydrogen) atoms. The molecule has 0 spiro atoms. The second-order valence-corrected chi connectivity index (χ2v) is 31.0. The molecule has 2 aliphatic rings. The van der Waals surface area contributed by atoms with Crippen molar-refractivity contribution in [1.82, 2.24) is 24.5 Å². The summed E-state index contributed by atoms with van der Waals surface area (Å²) in [5.74, 6) is 0.732. The van der Waals surface area contributed by atoms with Crippen molar-refractivity contribution in [3.05, 3.63) is 47.7 Å². The van der Waals surface area contributed by atoms with E-state index in [2.05, 4.69) is 69.9 Å². The van der Waals surface area contributed by atoms with Gasteiger partial charge in [-0.15, -0.1) is 0 Å². The SMILES string of the molecule is CCO/C=C/c1c([C@H]2C[C@@H]3CC[C@](C(C)(C)C)(C2)N3C(=O)O)nc2c(-c3ccc(C(C)(C)O)nc3)cnn2c1N(COCC[Si](C)(C)C)COCC[Si](C)(C)C. The summed E-state index contributed by atoms with van der Waals surface area (Å²) in [5, 5.41) is 26.2. The van der Waals surface area contributed by atoms with Crippen LogP contribution in [0.2, 0.25) is 51.4 Å². The molecule has 2 bridgehead atoms. The number of hydrogen-bond donors (Lipinski definition) is 2. The molecule has 2 aliphatic heterocycles. The standard InChI is InChI=1S/C42H68N6O6Si2/c1-13-52-19-17-33-36(31-24-32-16-18-42(25-31,40(2,3)4)47(32)39(49)50)45-37-34(30-14-15-35(43-26-30)41(5,6)51)27-44-48(37)38(33)46(28-53-20-22-55(7,8)9)29-54-21-23-56(10,11)12/h14-15,17,19,26-27,31-32,51H,13,16,18,20-25,28-29H2,1-12H3,(H,49,50)/b19-17+/t31-,32-,42+/m0/s1. The molecule has 0 unspecified atom stereocenters. The molecule has 3 aromatic rings. The molecular weight excluding hydrogens is 741 g/mol. The van der Waals surface area contributed by atoms with Gasteiger partial charge in [-0.1, -0.05) is 66.1 Å². The molecule has 5 rings (SSSR count). The van der Waals surface area contributed by atoms with Crippen LogP contribution in [-0.2, 0) is 19.8 Å². The van der Waals surface area contributed by atoms with E-state index in [1.54, 1.807) is 31.2 Å². The summed E-state index contributed by atoms with van der Waals surface area (Å²) in [7, 11) is -2.71. The number of nitrogens with zero attached hydrogens (tertiary/aromatic N) is 6. The zero-order valence-electron chi connectivity index (χ0n) is 36.1. The number of aromatic nitrogens is 4. The van der Waals surface area contributed by atoms with E-state index in [4.69, 9.17) is 24.3 Å². The highest BCUT2D eigenvalue weighted by Crippen LogP contribution is 2.57. The van der Waals surface area contributed by atoms with Crippen LogP contribution in [0, 0.1) is 5.41 Å². The van der Waals surface area contributed by atoms with Crippen LogP contribution in [0.4, 0.5) is 10.6 Å². The van der Waals surface area contributed by atoms with E-state index in [9.17, 15) is 15.0 Å². The number of anilines is 1. The third-order valence-electron chi connectivity index (χ3n) is 11.5. The molecule has 310 valence electrons. The van der Waals surface area contributed by atoms with Gasteiger partial charge < -0.3 is 29.3 Å². The number of piperidine rings is 1. The van der Waals surface area contributed by atoms with Crippen molar-refractivity contribution in [2.75, 3.05) is 38.2 Å². The number of aliphatic hydroxyl groups is 1. The van der Waals surface area contributed by atoms with Gasteiger partial charge in [0.25, 0.3) is 0 Å². The summed E-state index contributed by atoms with van der Waals surface area (Å²) in [6, 6.07) is 5.74. The minimum atomic E-state index is -1.36. The van der Waals surface area contributed by atoms with E-state index in [0.29, 0.717) is 44.0 Å². The van der Waals surface area contributed by atoms with Gasteiger partial charge in [0.15, 0.2) is 5.65 Å². The van der Waals surface area contributed by atoms with Crippen molar-refractivity contribution in [3.8, 4) is 11.1 Å². The molecule has 3 atom stereocenters. The summed E-state index contributed by atoms with van der Waals surface area (Å²) in [4.78, 5) is 27.0. The molecular formula is C42H68N6O6Si2. The maximum absolute atomic E-state index is 12.9. The highest BCUT2D eigenvalue weighted by Gasteiger charge is 2.59.